The molecule has 1 fully saturated rings. The Labute approximate surface area is 151 Å². The van der Waals surface area contributed by atoms with Gasteiger partial charge in [0.2, 0.25) is 5.95 Å². The maximum atomic E-state index is 11.1. The third kappa shape index (κ3) is 4.81. The summed E-state index contributed by atoms with van der Waals surface area (Å²) in [5, 5.41) is 12.2. The zero-order valence-corrected chi connectivity index (χ0v) is 15.0. The van der Waals surface area contributed by atoms with Gasteiger partial charge in [0.1, 0.15) is 5.82 Å². The summed E-state index contributed by atoms with van der Waals surface area (Å²) in [5.41, 5.74) is 7.41. The standard InChI is InChI=1S/C16H21N5O4S/c1-10(9-22)17-16-18-14(11-2-3-11)8-15(19-16)21-20-12-4-6-13(7-5-12)26(23,24)25/h4-8,10-11,20,22H,2-3,9H2,1H3,(H,23,24,25)(H2,17,18,19,21)/t10-/m0/s1. The van der Waals surface area contributed by atoms with Crippen molar-refractivity contribution in [2.75, 3.05) is 22.8 Å². The Morgan fingerprint density at radius 2 is 1.88 bits per heavy atom. The molecule has 0 aliphatic heterocycles. The number of aliphatic hydroxyl groups is 1. The highest BCUT2D eigenvalue weighted by Crippen LogP contribution is 2.39. The normalized spacial score (nSPS) is 15.3. The fourth-order valence-electron chi connectivity index (χ4n) is 2.30. The van der Waals surface area contributed by atoms with Gasteiger partial charge in [-0.25, -0.2) is 4.98 Å². The molecule has 1 aromatic heterocycles. The lowest BCUT2D eigenvalue weighted by Crippen LogP contribution is -2.22. The smallest absolute Gasteiger partial charge is 0.294 e. The quantitative estimate of drug-likeness (QED) is 0.343. The van der Waals surface area contributed by atoms with Crippen molar-refractivity contribution in [1.29, 1.82) is 0 Å². The van der Waals surface area contributed by atoms with Crippen LogP contribution in [0.25, 0.3) is 0 Å². The molecule has 1 heterocycles. The number of benzene rings is 1. The first-order valence-electron chi connectivity index (χ1n) is 8.21. The fourth-order valence-corrected chi connectivity index (χ4v) is 2.78. The summed E-state index contributed by atoms with van der Waals surface area (Å²) in [5.74, 6) is 1.41. The number of anilines is 3. The molecule has 0 spiro atoms. The van der Waals surface area contributed by atoms with E-state index < -0.39 is 10.1 Å². The van der Waals surface area contributed by atoms with Gasteiger partial charge in [-0.15, -0.1) is 0 Å². The first-order chi connectivity index (χ1) is 12.3. The molecule has 1 aliphatic rings. The Balaban J connectivity index is 1.72. The molecule has 140 valence electrons. The fraction of sp³-hybridized carbons (Fsp3) is 0.375. The molecule has 10 heteroatoms. The monoisotopic (exact) mass is 379 g/mol. The van der Waals surface area contributed by atoms with Crippen molar-refractivity contribution < 1.29 is 18.1 Å². The van der Waals surface area contributed by atoms with Crippen LogP contribution >= 0.6 is 0 Å². The van der Waals surface area contributed by atoms with Crippen molar-refractivity contribution in [3.05, 3.63) is 36.0 Å². The van der Waals surface area contributed by atoms with E-state index in [4.69, 9.17) is 4.55 Å². The van der Waals surface area contributed by atoms with Crippen LogP contribution in [0.15, 0.2) is 35.2 Å². The molecule has 0 radical (unpaired) electrons. The summed E-state index contributed by atoms with van der Waals surface area (Å²) in [7, 11) is -4.21. The highest BCUT2D eigenvalue weighted by atomic mass is 32.2. The Hall–Kier alpha value is -2.43. The van der Waals surface area contributed by atoms with Crippen molar-refractivity contribution in [3.8, 4) is 0 Å². The van der Waals surface area contributed by atoms with Crippen LogP contribution in [-0.4, -0.2) is 40.7 Å². The van der Waals surface area contributed by atoms with Crippen LogP contribution in [0, 0.1) is 0 Å². The van der Waals surface area contributed by atoms with Gasteiger partial charge in [0.25, 0.3) is 10.1 Å². The third-order valence-electron chi connectivity index (χ3n) is 3.88. The lowest BCUT2D eigenvalue weighted by Gasteiger charge is -2.15. The van der Waals surface area contributed by atoms with Gasteiger partial charge in [0.05, 0.1) is 22.9 Å². The summed E-state index contributed by atoms with van der Waals surface area (Å²) in [4.78, 5) is 8.67. The SMILES string of the molecule is C[C@@H](CO)Nc1nc(NNc2ccc(S(=O)(=O)O)cc2)cc(C2CC2)n1. The second kappa shape index (κ2) is 7.44. The van der Waals surface area contributed by atoms with Gasteiger partial charge in [-0.05, 0) is 44.0 Å². The molecule has 0 unspecified atom stereocenters. The van der Waals surface area contributed by atoms with Crippen LogP contribution < -0.4 is 16.2 Å². The van der Waals surface area contributed by atoms with Crippen molar-refractivity contribution in [2.45, 2.75) is 36.6 Å². The second-order valence-electron chi connectivity index (χ2n) is 6.25. The topological polar surface area (TPSA) is 136 Å². The van der Waals surface area contributed by atoms with E-state index >= 15 is 0 Å². The molecule has 9 nitrogen and oxygen atoms in total. The number of hydrogen-bond acceptors (Lipinski definition) is 8. The summed E-state index contributed by atoms with van der Waals surface area (Å²) < 4.78 is 31.1. The molecule has 0 saturated heterocycles. The van der Waals surface area contributed by atoms with Crippen molar-refractivity contribution in [3.63, 3.8) is 0 Å². The number of rotatable bonds is 8. The first kappa shape index (κ1) is 18.4. The molecular weight excluding hydrogens is 358 g/mol. The summed E-state index contributed by atoms with van der Waals surface area (Å²) in [6, 6.07) is 7.32. The predicted molar refractivity (Wildman–Crippen MR) is 97.7 cm³/mol. The van der Waals surface area contributed by atoms with E-state index in [-0.39, 0.29) is 17.5 Å². The average molecular weight is 379 g/mol. The van der Waals surface area contributed by atoms with Crippen molar-refractivity contribution >= 4 is 27.6 Å². The number of aromatic nitrogens is 2. The van der Waals surface area contributed by atoms with Crippen LogP contribution in [-0.2, 0) is 10.1 Å². The Morgan fingerprint density at radius 1 is 1.19 bits per heavy atom. The number of hydrogen-bond donors (Lipinski definition) is 5. The largest absolute Gasteiger partial charge is 0.394 e. The van der Waals surface area contributed by atoms with E-state index in [9.17, 15) is 13.5 Å². The van der Waals surface area contributed by atoms with Gasteiger partial charge < -0.3 is 10.4 Å². The maximum Gasteiger partial charge on any atom is 0.294 e. The zero-order chi connectivity index (χ0) is 18.7. The Morgan fingerprint density at radius 3 is 2.46 bits per heavy atom. The molecule has 0 bridgehead atoms. The summed E-state index contributed by atoms with van der Waals surface area (Å²) in [6.45, 7) is 1.80. The number of hydrazine groups is 1. The highest BCUT2D eigenvalue weighted by Gasteiger charge is 2.26. The van der Waals surface area contributed by atoms with Crippen molar-refractivity contribution in [1.82, 2.24) is 9.97 Å². The minimum Gasteiger partial charge on any atom is -0.394 e. The van der Waals surface area contributed by atoms with Gasteiger partial charge in [-0.2, -0.15) is 13.4 Å². The molecule has 1 saturated carbocycles. The Bertz CT molecular complexity index is 869. The van der Waals surface area contributed by atoms with Crippen molar-refractivity contribution in [2.24, 2.45) is 0 Å². The molecular formula is C16H21N5O4S. The Kier molecular flexibility index (Phi) is 5.25. The van der Waals surface area contributed by atoms with Crippen LogP contribution in [0.5, 0.6) is 0 Å². The molecule has 2 aromatic rings. The zero-order valence-electron chi connectivity index (χ0n) is 14.2. The molecule has 0 amide bonds. The van der Waals surface area contributed by atoms with Crippen LogP contribution in [0.4, 0.5) is 17.5 Å². The average Bonchev–Trinajstić information content (AvgIpc) is 3.44. The minimum absolute atomic E-state index is 0.0296. The summed E-state index contributed by atoms with van der Waals surface area (Å²) >= 11 is 0. The maximum absolute atomic E-state index is 11.1. The highest BCUT2D eigenvalue weighted by molar-refractivity contribution is 7.85. The van der Waals surface area contributed by atoms with Gasteiger partial charge in [0.15, 0.2) is 0 Å². The predicted octanol–water partition coefficient (Wildman–Crippen LogP) is 1.83. The van der Waals surface area contributed by atoms with E-state index in [1.54, 1.807) is 0 Å². The molecule has 1 aliphatic carbocycles. The van der Waals surface area contributed by atoms with Crippen LogP contribution in [0.2, 0.25) is 0 Å². The second-order valence-corrected chi connectivity index (χ2v) is 7.67. The number of aliphatic hydroxyl groups excluding tert-OH is 1. The molecule has 3 rings (SSSR count). The van der Waals surface area contributed by atoms with E-state index in [2.05, 4.69) is 26.1 Å². The van der Waals surface area contributed by atoms with E-state index in [0.717, 1.165) is 18.5 Å². The van der Waals surface area contributed by atoms with E-state index in [0.29, 0.717) is 23.4 Å². The van der Waals surface area contributed by atoms with Gasteiger partial charge in [-0.3, -0.25) is 15.4 Å². The first-order valence-corrected chi connectivity index (χ1v) is 9.65. The van der Waals surface area contributed by atoms with Gasteiger partial charge >= 0.3 is 0 Å². The lowest BCUT2D eigenvalue weighted by atomic mass is 10.3. The van der Waals surface area contributed by atoms with Crippen LogP contribution in [0.1, 0.15) is 31.4 Å². The van der Waals surface area contributed by atoms with Crippen LogP contribution in [0.3, 0.4) is 0 Å². The van der Waals surface area contributed by atoms with Gasteiger partial charge in [0, 0.05) is 18.0 Å². The molecule has 1 atom stereocenters. The number of nitrogens with zero attached hydrogens (tertiary/aromatic N) is 2. The van der Waals surface area contributed by atoms with E-state index in [1.807, 2.05) is 13.0 Å². The molecule has 26 heavy (non-hydrogen) atoms. The minimum atomic E-state index is -4.21. The molecule has 1 aromatic carbocycles. The summed E-state index contributed by atoms with van der Waals surface area (Å²) in [6.07, 6.45) is 2.19. The lowest BCUT2D eigenvalue weighted by molar-refractivity contribution is 0.281. The van der Waals surface area contributed by atoms with Gasteiger partial charge in [-0.1, -0.05) is 0 Å². The number of nitrogens with one attached hydrogen (secondary N) is 3. The third-order valence-corrected chi connectivity index (χ3v) is 4.75. The molecule has 5 N–H and O–H groups in total. The van der Waals surface area contributed by atoms with E-state index in [1.165, 1.54) is 24.3 Å².